The second kappa shape index (κ2) is 4.43. The lowest BCUT2D eigenvalue weighted by Crippen LogP contribution is -2.41. The van der Waals surface area contributed by atoms with Crippen LogP contribution in [0.4, 0.5) is 0 Å². The van der Waals surface area contributed by atoms with Gasteiger partial charge in [-0.05, 0) is 38.1 Å². The Morgan fingerprint density at radius 1 is 1.08 bits per heavy atom. The van der Waals surface area contributed by atoms with E-state index < -0.39 is 0 Å². The monoisotopic (exact) mass is 182 g/mol. The van der Waals surface area contributed by atoms with Gasteiger partial charge < -0.3 is 5.73 Å². The molecule has 0 bridgehead atoms. The normalized spacial score (nSPS) is 31.6. The van der Waals surface area contributed by atoms with E-state index in [0.717, 1.165) is 12.5 Å². The van der Waals surface area contributed by atoms with Crippen LogP contribution in [-0.2, 0) is 0 Å². The first-order valence-electron chi connectivity index (χ1n) is 5.84. The third-order valence-electron chi connectivity index (χ3n) is 3.46. The number of nitrogens with zero attached hydrogens (tertiary/aromatic N) is 1. The average molecular weight is 182 g/mol. The lowest BCUT2D eigenvalue weighted by Gasteiger charge is -2.28. The molecule has 1 heterocycles. The fraction of sp³-hybridized carbons (Fsp3) is 1.00. The summed E-state index contributed by atoms with van der Waals surface area (Å²) in [6.45, 7) is 3.51. The van der Waals surface area contributed by atoms with Gasteiger partial charge in [0.05, 0.1) is 0 Å². The minimum Gasteiger partial charge on any atom is -0.329 e. The lowest BCUT2D eigenvalue weighted by atomic mass is 10.1. The Balaban J connectivity index is 1.85. The van der Waals surface area contributed by atoms with Crippen molar-refractivity contribution in [3.63, 3.8) is 0 Å². The summed E-state index contributed by atoms with van der Waals surface area (Å²) in [4.78, 5) is 2.66. The molecule has 76 valence electrons. The van der Waals surface area contributed by atoms with Gasteiger partial charge in [-0.3, -0.25) is 4.90 Å². The van der Waals surface area contributed by atoms with E-state index in [-0.39, 0.29) is 0 Å². The molecule has 1 aliphatic heterocycles. The quantitative estimate of drug-likeness (QED) is 0.718. The van der Waals surface area contributed by atoms with E-state index in [0.29, 0.717) is 6.04 Å². The highest BCUT2D eigenvalue weighted by Crippen LogP contribution is 2.31. The van der Waals surface area contributed by atoms with Gasteiger partial charge in [-0.1, -0.05) is 12.8 Å². The number of nitrogens with two attached hydrogens (primary N) is 1. The van der Waals surface area contributed by atoms with Crippen molar-refractivity contribution in [3.8, 4) is 0 Å². The van der Waals surface area contributed by atoms with Gasteiger partial charge in [-0.15, -0.1) is 0 Å². The van der Waals surface area contributed by atoms with Gasteiger partial charge in [0.25, 0.3) is 0 Å². The summed E-state index contributed by atoms with van der Waals surface area (Å²) < 4.78 is 0. The van der Waals surface area contributed by atoms with Gasteiger partial charge in [-0.2, -0.15) is 0 Å². The van der Waals surface area contributed by atoms with Crippen molar-refractivity contribution < 1.29 is 0 Å². The molecule has 1 saturated heterocycles. The molecule has 0 aromatic rings. The fourth-order valence-corrected chi connectivity index (χ4v) is 2.38. The highest BCUT2D eigenvalue weighted by molar-refractivity contribution is 4.83. The average Bonchev–Trinajstić information content (AvgIpc) is 2.93. The molecule has 1 atom stereocenters. The number of likely N-dealkylation sites (tertiary alicyclic amines) is 1. The van der Waals surface area contributed by atoms with E-state index in [4.69, 9.17) is 5.73 Å². The maximum absolute atomic E-state index is 5.82. The van der Waals surface area contributed by atoms with Crippen LogP contribution in [0.5, 0.6) is 0 Å². The second-order valence-electron chi connectivity index (χ2n) is 4.68. The minimum atomic E-state index is 0.697. The summed E-state index contributed by atoms with van der Waals surface area (Å²) in [7, 11) is 0. The second-order valence-corrected chi connectivity index (χ2v) is 4.68. The molecule has 1 aliphatic carbocycles. The Hall–Kier alpha value is -0.0800. The number of hydrogen-bond donors (Lipinski definition) is 1. The Labute approximate surface area is 81.5 Å². The van der Waals surface area contributed by atoms with Crippen LogP contribution in [0.2, 0.25) is 0 Å². The fourth-order valence-electron chi connectivity index (χ4n) is 2.38. The molecule has 2 heteroatoms. The van der Waals surface area contributed by atoms with E-state index in [1.54, 1.807) is 0 Å². The van der Waals surface area contributed by atoms with Crippen molar-refractivity contribution in [2.45, 2.75) is 44.6 Å². The Bertz CT molecular complexity index is 154. The molecule has 2 nitrogen and oxygen atoms in total. The van der Waals surface area contributed by atoms with Crippen LogP contribution in [0.1, 0.15) is 38.5 Å². The molecule has 0 amide bonds. The van der Waals surface area contributed by atoms with Crippen LogP contribution >= 0.6 is 0 Å². The van der Waals surface area contributed by atoms with Crippen LogP contribution in [0.15, 0.2) is 0 Å². The van der Waals surface area contributed by atoms with E-state index in [2.05, 4.69) is 4.90 Å². The smallest absolute Gasteiger partial charge is 0.0218 e. The molecule has 2 rings (SSSR count). The molecule has 0 radical (unpaired) electrons. The van der Waals surface area contributed by atoms with Crippen molar-refractivity contribution in [1.82, 2.24) is 4.90 Å². The van der Waals surface area contributed by atoms with E-state index >= 15 is 0 Å². The van der Waals surface area contributed by atoms with Gasteiger partial charge in [0, 0.05) is 19.1 Å². The molecular weight excluding hydrogens is 160 g/mol. The zero-order valence-corrected chi connectivity index (χ0v) is 8.54. The first-order chi connectivity index (χ1) is 6.40. The predicted octanol–water partition coefficient (Wildman–Crippen LogP) is 1.60. The third-order valence-corrected chi connectivity index (χ3v) is 3.46. The molecule has 2 N–H and O–H groups in total. The van der Waals surface area contributed by atoms with E-state index in [1.807, 2.05) is 0 Å². The molecule has 0 spiro atoms. The van der Waals surface area contributed by atoms with Crippen molar-refractivity contribution >= 4 is 0 Å². The summed E-state index contributed by atoms with van der Waals surface area (Å²) in [5, 5.41) is 0. The molecule has 1 saturated carbocycles. The van der Waals surface area contributed by atoms with Crippen molar-refractivity contribution in [2.75, 3.05) is 19.6 Å². The maximum atomic E-state index is 5.82. The highest BCUT2D eigenvalue weighted by atomic mass is 15.2. The summed E-state index contributed by atoms with van der Waals surface area (Å²) in [6.07, 6.45) is 8.47. The summed E-state index contributed by atoms with van der Waals surface area (Å²) >= 11 is 0. The Morgan fingerprint density at radius 3 is 2.62 bits per heavy atom. The van der Waals surface area contributed by atoms with Crippen molar-refractivity contribution in [1.29, 1.82) is 0 Å². The third kappa shape index (κ3) is 2.68. The van der Waals surface area contributed by atoms with Gasteiger partial charge in [0.1, 0.15) is 0 Å². The molecule has 13 heavy (non-hydrogen) atoms. The Kier molecular flexibility index (Phi) is 3.23. The minimum absolute atomic E-state index is 0.697. The molecule has 2 fully saturated rings. The topological polar surface area (TPSA) is 29.3 Å². The molecule has 1 unspecified atom stereocenters. The SMILES string of the molecule is NCC1CCCCCN1CC1CC1. The number of rotatable bonds is 3. The highest BCUT2D eigenvalue weighted by Gasteiger charge is 2.28. The zero-order chi connectivity index (χ0) is 9.10. The lowest BCUT2D eigenvalue weighted by molar-refractivity contribution is 0.196. The summed E-state index contributed by atoms with van der Waals surface area (Å²) in [5.41, 5.74) is 5.82. The first-order valence-corrected chi connectivity index (χ1v) is 5.84. The zero-order valence-electron chi connectivity index (χ0n) is 8.54. The number of hydrogen-bond acceptors (Lipinski definition) is 2. The van der Waals surface area contributed by atoms with Gasteiger partial charge in [0.2, 0.25) is 0 Å². The van der Waals surface area contributed by atoms with Gasteiger partial charge in [-0.25, -0.2) is 0 Å². The van der Waals surface area contributed by atoms with Crippen LogP contribution in [0, 0.1) is 5.92 Å². The summed E-state index contributed by atoms with van der Waals surface area (Å²) in [5.74, 6) is 1.02. The molecular formula is C11H22N2. The first kappa shape index (κ1) is 9.47. The summed E-state index contributed by atoms with van der Waals surface area (Å²) in [6, 6.07) is 0.697. The van der Waals surface area contributed by atoms with Crippen LogP contribution < -0.4 is 5.73 Å². The van der Waals surface area contributed by atoms with E-state index in [1.165, 1.54) is 51.6 Å². The van der Waals surface area contributed by atoms with Crippen molar-refractivity contribution in [3.05, 3.63) is 0 Å². The maximum Gasteiger partial charge on any atom is 0.0218 e. The largest absolute Gasteiger partial charge is 0.329 e. The van der Waals surface area contributed by atoms with E-state index in [9.17, 15) is 0 Å². The van der Waals surface area contributed by atoms with Crippen LogP contribution in [0.25, 0.3) is 0 Å². The van der Waals surface area contributed by atoms with Crippen LogP contribution in [-0.4, -0.2) is 30.6 Å². The van der Waals surface area contributed by atoms with Crippen LogP contribution in [0.3, 0.4) is 0 Å². The predicted molar refractivity (Wildman–Crippen MR) is 55.6 cm³/mol. The molecule has 0 aromatic carbocycles. The molecule has 2 aliphatic rings. The Morgan fingerprint density at radius 2 is 1.92 bits per heavy atom. The van der Waals surface area contributed by atoms with Crippen molar-refractivity contribution in [2.24, 2.45) is 11.7 Å². The standard InChI is InChI=1S/C11H22N2/c12-8-11-4-2-1-3-7-13(11)9-10-5-6-10/h10-11H,1-9,12H2. The molecule has 0 aromatic heterocycles. The van der Waals surface area contributed by atoms with Gasteiger partial charge >= 0.3 is 0 Å². The van der Waals surface area contributed by atoms with Gasteiger partial charge in [0.15, 0.2) is 0 Å².